The predicted molar refractivity (Wildman–Crippen MR) is 88.7 cm³/mol. The smallest absolute Gasteiger partial charge is 0.119 e. The van der Waals surface area contributed by atoms with Gasteiger partial charge in [0.2, 0.25) is 0 Å². The zero-order chi connectivity index (χ0) is 14.9. The first-order chi connectivity index (χ1) is 10.3. The molecule has 116 valence electrons. The maximum atomic E-state index is 5.49. The lowest BCUT2D eigenvalue weighted by Crippen LogP contribution is -2.36. The van der Waals surface area contributed by atoms with Gasteiger partial charge in [-0.05, 0) is 62.6 Å². The van der Waals surface area contributed by atoms with E-state index in [2.05, 4.69) is 35.9 Å². The number of nitrogens with one attached hydrogen (secondary N) is 1. The molecular weight excluding hydrogens is 260 g/mol. The lowest BCUT2D eigenvalue weighted by molar-refractivity contribution is 0.190. The fraction of sp³-hybridized carbons (Fsp3) is 0.556. The van der Waals surface area contributed by atoms with Crippen LogP contribution in [-0.2, 0) is 6.54 Å². The van der Waals surface area contributed by atoms with Crippen LogP contribution in [0.2, 0.25) is 0 Å². The Bertz CT molecular complexity index is 408. The topological polar surface area (TPSA) is 24.5 Å². The second-order valence-corrected chi connectivity index (χ2v) is 5.75. The molecule has 1 saturated heterocycles. The Hall–Kier alpha value is -1.32. The average molecular weight is 288 g/mol. The molecule has 1 heterocycles. The quantitative estimate of drug-likeness (QED) is 0.744. The number of hydrogen-bond acceptors (Lipinski definition) is 3. The van der Waals surface area contributed by atoms with Gasteiger partial charge < -0.3 is 15.0 Å². The molecule has 3 heteroatoms. The Morgan fingerprint density at radius 3 is 2.62 bits per heavy atom. The van der Waals surface area contributed by atoms with Crippen molar-refractivity contribution in [3.8, 4) is 5.75 Å². The number of piperidine rings is 1. The molecule has 1 aromatic carbocycles. The standard InChI is InChI=1S/C18H28N2O/c1-3-13-21-18-7-5-16(6-8-18)14-19-15-17-9-11-20(4-2)12-10-17/h3,5-8,17,19H,1,4,9-15H2,2H3. The van der Waals surface area contributed by atoms with Gasteiger partial charge in [-0.15, -0.1) is 0 Å². The van der Waals surface area contributed by atoms with Gasteiger partial charge in [-0.1, -0.05) is 31.7 Å². The molecule has 1 aliphatic rings. The highest BCUT2D eigenvalue weighted by Gasteiger charge is 2.17. The van der Waals surface area contributed by atoms with Crippen LogP contribution in [0.5, 0.6) is 5.75 Å². The van der Waals surface area contributed by atoms with E-state index in [1.807, 2.05) is 12.1 Å². The van der Waals surface area contributed by atoms with Crippen molar-refractivity contribution in [2.45, 2.75) is 26.3 Å². The molecule has 1 aliphatic heterocycles. The van der Waals surface area contributed by atoms with Crippen molar-refractivity contribution in [3.05, 3.63) is 42.5 Å². The van der Waals surface area contributed by atoms with Crippen molar-refractivity contribution in [1.82, 2.24) is 10.2 Å². The molecule has 0 aliphatic carbocycles. The van der Waals surface area contributed by atoms with E-state index in [4.69, 9.17) is 4.74 Å². The number of likely N-dealkylation sites (tertiary alicyclic amines) is 1. The van der Waals surface area contributed by atoms with Gasteiger partial charge in [-0.25, -0.2) is 0 Å². The van der Waals surface area contributed by atoms with Gasteiger partial charge in [0.05, 0.1) is 0 Å². The first-order valence-corrected chi connectivity index (χ1v) is 8.07. The molecule has 1 fully saturated rings. The van der Waals surface area contributed by atoms with Crippen LogP contribution in [0.3, 0.4) is 0 Å². The zero-order valence-corrected chi connectivity index (χ0v) is 13.2. The van der Waals surface area contributed by atoms with Crippen molar-refractivity contribution < 1.29 is 4.74 Å². The number of rotatable bonds is 8. The fourth-order valence-electron chi connectivity index (χ4n) is 2.79. The van der Waals surface area contributed by atoms with Gasteiger partial charge >= 0.3 is 0 Å². The average Bonchev–Trinajstić information content (AvgIpc) is 2.55. The first kappa shape index (κ1) is 16.1. The summed E-state index contributed by atoms with van der Waals surface area (Å²) in [5, 5.41) is 3.59. The predicted octanol–water partition coefficient (Wildman–Crippen LogP) is 3.07. The van der Waals surface area contributed by atoms with E-state index in [0.29, 0.717) is 6.61 Å². The van der Waals surface area contributed by atoms with Gasteiger partial charge in [0.25, 0.3) is 0 Å². The maximum absolute atomic E-state index is 5.49. The van der Waals surface area contributed by atoms with E-state index in [9.17, 15) is 0 Å². The Kier molecular flexibility index (Phi) is 6.77. The van der Waals surface area contributed by atoms with Crippen molar-refractivity contribution in [2.24, 2.45) is 5.92 Å². The molecule has 0 unspecified atom stereocenters. The molecule has 2 rings (SSSR count). The Balaban J connectivity index is 1.65. The number of nitrogens with zero attached hydrogens (tertiary/aromatic N) is 1. The largest absolute Gasteiger partial charge is 0.490 e. The molecule has 0 aromatic heterocycles. The minimum atomic E-state index is 0.564. The van der Waals surface area contributed by atoms with E-state index in [0.717, 1.165) is 24.8 Å². The second kappa shape index (κ2) is 8.85. The molecule has 0 amide bonds. The molecule has 0 atom stereocenters. The molecule has 21 heavy (non-hydrogen) atoms. The third kappa shape index (κ3) is 5.52. The van der Waals surface area contributed by atoms with Gasteiger partial charge in [-0.3, -0.25) is 0 Å². The summed E-state index contributed by atoms with van der Waals surface area (Å²) >= 11 is 0. The number of ether oxygens (including phenoxy) is 1. The van der Waals surface area contributed by atoms with Crippen LogP contribution in [0.15, 0.2) is 36.9 Å². The summed E-state index contributed by atoms with van der Waals surface area (Å²) in [7, 11) is 0. The fourth-order valence-corrected chi connectivity index (χ4v) is 2.79. The molecule has 0 radical (unpaired) electrons. The molecule has 1 aromatic rings. The summed E-state index contributed by atoms with van der Waals surface area (Å²) in [5.74, 6) is 1.74. The highest BCUT2D eigenvalue weighted by molar-refractivity contribution is 5.27. The third-order valence-corrected chi connectivity index (χ3v) is 4.21. The van der Waals surface area contributed by atoms with E-state index < -0.39 is 0 Å². The monoisotopic (exact) mass is 288 g/mol. The Morgan fingerprint density at radius 2 is 2.00 bits per heavy atom. The van der Waals surface area contributed by atoms with Crippen LogP contribution in [0.4, 0.5) is 0 Å². The Labute approximate surface area is 129 Å². The lowest BCUT2D eigenvalue weighted by Gasteiger charge is -2.31. The summed E-state index contributed by atoms with van der Waals surface area (Å²) in [6.07, 6.45) is 4.42. The molecule has 0 saturated carbocycles. The van der Waals surface area contributed by atoms with Gasteiger partial charge in [0.15, 0.2) is 0 Å². The summed E-state index contributed by atoms with van der Waals surface area (Å²) in [6.45, 7) is 12.3. The summed E-state index contributed by atoms with van der Waals surface area (Å²) in [4.78, 5) is 2.54. The van der Waals surface area contributed by atoms with Crippen LogP contribution in [0, 0.1) is 5.92 Å². The molecule has 3 nitrogen and oxygen atoms in total. The SMILES string of the molecule is C=CCOc1ccc(CNCC2CCN(CC)CC2)cc1. The molecular formula is C18H28N2O. The molecule has 0 bridgehead atoms. The van der Waals surface area contributed by atoms with Crippen LogP contribution in [0.25, 0.3) is 0 Å². The van der Waals surface area contributed by atoms with Crippen LogP contribution >= 0.6 is 0 Å². The van der Waals surface area contributed by atoms with Crippen molar-refractivity contribution in [1.29, 1.82) is 0 Å². The summed E-state index contributed by atoms with van der Waals surface area (Å²) in [6, 6.07) is 8.32. The highest BCUT2D eigenvalue weighted by Crippen LogP contribution is 2.16. The minimum absolute atomic E-state index is 0.564. The number of hydrogen-bond donors (Lipinski definition) is 1. The van der Waals surface area contributed by atoms with E-state index in [1.54, 1.807) is 6.08 Å². The third-order valence-electron chi connectivity index (χ3n) is 4.21. The summed E-state index contributed by atoms with van der Waals surface area (Å²) < 4.78 is 5.49. The normalized spacial score (nSPS) is 16.8. The van der Waals surface area contributed by atoms with Crippen molar-refractivity contribution >= 4 is 0 Å². The van der Waals surface area contributed by atoms with E-state index in [-0.39, 0.29) is 0 Å². The maximum Gasteiger partial charge on any atom is 0.119 e. The zero-order valence-electron chi connectivity index (χ0n) is 13.2. The van der Waals surface area contributed by atoms with Gasteiger partial charge in [-0.2, -0.15) is 0 Å². The first-order valence-electron chi connectivity index (χ1n) is 8.07. The minimum Gasteiger partial charge on any atom is -0.490 e. The second-order valence-electron chi connectivity index (χ2n) is 5.75. The number of benzene rings is 1. The van der Waals surface area contributed by atoms with Crippen molar-refractivity contribution in [2.75, 3.05) is 32.8 Å². The van der Waals surface area contributed by atoms with E-state index in [1.165, 1.54) is 38.0 Å². The van der Waals surface area contributed by atoms with Crippen molar-refractivity contribution in [3.63, 3.8) is 0 Å². The summed E-state index contributed by atoms with van der Waals surface area (Å²) in [5.41, 5.74) is 1.31. The van der Waals surface area contributed by atoms with Gasteiger partial charge in [0, 0.05) is 6.54 Å². The lowest BCUT2D eigenvalue weighted by atomic mass is 9.97. The van der Waals surface area contributed by atoms with Crippen LogP contribution in [-0.4, -0.2) is 37.7 Å². The molecule has 1 N–H and O–H groups in total. The highest BCUT2D eigenvalue weighted by atomic mass is 16.5. The Morgan fingerprint density at radius 1 is 1.29 bits per heavy atom. The van der Waals surface area contributed by atoms with Crippen LogP contribution in [0.1, 0.15) is 25.3 Å². The van der Waals surface area contributed by atoms with E-state index >= 15 is 0 Å². The molecule has 0 spiro atoms. The van der Waals surface area contributed by atoms with Crippen LogP contribution < -0.4 is 10.1 Å². The van der Waals surface area contributed by atoms with Gasteiger partial charge in [0.1, 0.15) is 12.4 Å².